The van der Waals surface area contributed by atoms with Crippen LogP contribution in [0.15, 0.2) is 0 Å². The van der Waals surface area contributed by atoms with Crippen LogP contribution in [0.3, 0.4) is 0 Å². The molecule has 5 atom stereocenters. The maximum atomic E-state index is 9.43. The van der Waals surface area contributed by atoms with Crippen LogP contribution in [0.2, 0.25) is 0 Å². The minimum Gasteiger partial charge on any atom is -0.394 e. The zero-order valence-electron chi connectivity index (χ0n) is 13.7. The van der Waals surface area contributed by atoms with Crippen LogP contribution in [0.1, 0.15) is 20.3 Å². The molecular formula is C14H30O8S. The lowest BCUT2D eigenvalue weighted by Crippen LogP contribution is -2.42. The molecular weight excluding hydrogens is 328 g/mol. The lowest BCUT2D eigenvalue weighted by molar-refractivity contribution is -0.258. The number of hydrogen-bond donors (Lipinski definition) is 5. The molecule has 0 aliphatic heterocycles. The normalized spacial score (nSPS) is 18.4. The first kappa shape index (κ1) is 23.0. The van der Waals surface area contributed by atoms with Gasteiger partial charge in [-0.3, -0.25) is 0 Å². The van der Waals surface area contributed by atoms with Gasteiger partial charge in [0.15, 0.2) is 12.6 Å². The average Bonchev–Trinajstić information content (AvgIpc) is 2.58. The van der Waals surface area contributed by atoms with Gasteiger partial charge in [0.05, 0.1) is 45.2 Å². The van der Waals surface area contributed by atoms with Gasteiger partial charge in [-0.15, -0.1) is 0 Å². The van der Waals surface area contributed by atoms with Gasteiger partial charge in [-0.25, -0.2) is 0 Å². The van der Waals surface area contributed by atoms with Gasteiger partial charge in [0.2, 0.25) is 0 Å². The van der Waals surface area contributed by atoms with Crippen LogP contribution in [0.25, 0.3) is 0 Å². The maximum Gasteiger partial charge on any atom is 0.181 e. The third-order valence-corrected chi connectivity index (χ3v) is 3.28. The van der Waals surface area contributed by atoms with Gasteiger partial charge >= 0.3 is 0 Å². The van der Waals surface area contributed by atoms with Crippen molar-refractivity contribution in [3.8, 4) is 0 Å². The highest BCUT2D eigenvalue weighted by Crippen LogP contribution is 2.13. The Hall–Kier alpha value is 0.0300. The van der Waals surface area contributed by atoms with E-state index in [0.29, 0.717) is 18.8 Å². The number of ether oxygens (including phenoxy) is 4. The second-order valence-electron chi connectivity index (χ2n) is 4.87. The molecule has 0 fully saturated rings. The summed E-state index contributed by atoms with van der Waals surface area (Å²) in [5.74, 6) is 0.468. The van der Waals surface area contributed by atoms with Crippen molar-refractivity contribution in [1.82, 2.24) is 0 Å². The molecule has 9 heteroatoms. The second-order valence-corrected chi connectivity index (χ2v) is 5.31. The fraction of sp³-hybridized carbons (Fsp3) is 1.00. The van der Waals surface area contributed by atoms with E-state index in [4.69, 9.17) is 24.1 Å². The molecule has 0 heterocycles. The Morgan fingerprint density at radius 1 is 0.870 bits per heavy atom. The van der Waals surface area contributed by atoms with Crippen molar-refractivity contribution in [2.24, 2.45) is 0 Å². The molecule has 0 spiro atoms. The van der Waals surface area contributed by atoms with Crippen LogP contribution in [-0.2, 0) is 18.9 Å². The van der Waals surface area contributed by atoms with E-state index in [1.165, 1.54) is 0 Å². The van der Waals surface area contributed by atoms with Crippen molar-refractivity contribution in [3.63, 3.8) is 0 Å². The molecule has 0 amide bonds. The first-order chi connectivity index (χ1) is 11.1. The molecule has 0 bridgehead atoms. The summed E-state index contributed by atoms with van der Waals surface area (Å²) in [6.07, 6.45) is -3.16. The van der Waals surface area contributed by atoms with Crippen molar-refractivity contribution in [1.29, 1.82) is 0 Å². The quantitative estimate of drug-likeness (QED) is 0.190. The largest absolute Gasteiger partial charge is 0.394 e. The fourth-order valence-corrected chi connectivity index (χ4v) is 1.85. The molecule has 0 saturated carbocycles. The molecule has 0 saturated heterocycles. The van der Waals surface area contributed by atoms with Crippen LogP contribution >= 0.6 is 12.6 Å². The summed E-state index contributed by atoms with van der Waals surface area (Å²) in [7, 11) is 0. The SMILES string of the molecule is CCC(CO)OC(CO)OC(C)C(CO)OC(CO)OCCS. The van der Waals surface area contributed by atoms with Crippen molar-refractivity contribution in [2.75, 3.05) is 38.8 Å². The molecule has 0 radical (unpaired) electrons. The van der Waals surface area contributed by atoms with Gasteiger partial charge in [0.25, 0.3) is 0 Å². The number of aliphatic hydroxyl groups excluding tert-OH is 4. The topological polar surface area (TPSA) is 118 Å². The number of thiol groups is 1. The lowest BCUT2D eigenvalue weighted by atomic mass is 10.2. The van der Waals surface area contributed by atoms with Crippen LogP contribution in [-0.4, -0.2) is 90.1 Å². The summed E-state index contributed by atoms with van der Waals surface area (Å²) in [5.41, 5.74) is 0. The van der Waals surface area contributed by atoms with E-state index in [9.17, 15) is 15.3 Å². The summed E-state index contributed by atoms with van der Waals surface area (Å²) in [4.78, 5) is 0. The molecule has 0 aromatic rings. The third kappa shape index (κ3) is 9.80. The van der Waals surface area contributed by atoms with Crippen LogP contribution in [0.4, 0.5) is 0 Å². The Bertz CT molecular complexity index is 267. The first-order valence-corrected chi connectivity index (χ1v) is 8.31. The van der Waals surface area contributed by atoms with E-state index in [1.807, 2.05) is 6.92 Å². The van der Waals surface area contributed by atoms with E-state index in [-0.39, 0.29) is 19.8 Å². The van der Waals surface area contributed by atoms with Crippen LogP contribution < -0.4 is 0 Å². The minimum atomic E-state index is -0.953. The van der Waals surface area contributed by atoms with Crippen molar-refractivity contribution in [3.05, 3.63) is 0 Å². The third-order valence-electron chi connectivity index (χ3n) is 3.09. The summed E-state index contributed by atoms with van der Waals surface area (Å²) in [6, 6.07) is 0. The molecule has 0 aromatic carbocycles. The van der Waals surface area contributed by atoms with Gasteiger partial charge in [0.1, 0.15) is 6.10 Å². The fourth-order valence-electron chi connectivity index (χ4n) is 1.74. The number of rotatable bonds is 15. The second kappa shape index (κ2) is 14.4. The molecule has 4 N–H and O–H groups in total. The maximum absolute atomic E-state index is 9.43. The average molecular weight is 358 g/mol. The van der Waals surface area contributed by atoms with E-state index in [1.54, 1.807) is 6.92 Å². The summed E-state index contributed by atoms with van der Waals surface area (Å²) in [6.45, 7) is 2.44. The minimum absolute atomic E-state index is 0.186. The van der Waals surface area contributed by atoms with Crippen LogP contribution in [0.5, 0.6) is 0 Å². The van der Waals surface area contributed by atoms with Crippen molar-refractivity contribution < 1.29 is 39.4 Å². The standard InChI is InChI=1S/C14H30O8S/c1-3-11(6-15)21-14(9-18)20-10(2)12(7-16)22-13(8-17)19-4-5-23/h10-18,23H,3-9H2,1-2H3. The zero-order valence-corrected chi connectivity index (χ0v) is 14.6. The Kier molecular flexibility index (Phi) is 14.4. The molecule has 0 aromatic heterocycles. The van der Waals surface area contributed by atoms with Crippen molar-refractivity contribution >= 4 is 12.6 Å². The van der Waals surface area contributed by atoms with Gasteiger partial charge < -0.3 is 39.4 Å². The predicted molar refractivity (Wildman–Crippen MR) is 86.3 cm³/mol. The highest BCUT2D eigenvalue weighted by atomic mass is 32.1. The molecule has 140 valence electrons. The highest BCUT2D eigenvalue weighted by Gasteiger charge is 2.26. The predicted octanol–water partition coefficient (Wildman–Crippen LogP) is -0.860. The molecule has 0 rings (SSSR count). The van der Waals surface area contributed by atoms with Gasteiger partial charge in [-0.1, -0.05) is 6.92 Å². The monoisotopic (exact) mass is 358 g/mol. The molecule has 23 heavy (non-hydrogen) atoms. The number of aliphatic hydroxyl groups is 4. The Morgan fingerprint density at radius 3 is 1.96 bits per heavy atom. The Labute approximate surface area is 142 Å². The van der Waals surface area contributed by atoms with Crippen molar-refractivity contribution in [2.45, 2.75) is 51.2 Å². The van der Waals surface area contributed by atoms with E-state index in [2.05, 4.69) is 12.6 Å². The Morgan fingerprint density at radius 2 is 1.52 bits per heavy atom. The van der Waals surface area contributed by atoms with E-state index >= 15 is 0 Å². The van der Waals surface area contributed by atoms with Gasteiger partial charge in [-0.2, -0.15) is 12.6 Å². The summed E-state index contributed by atoms with van der Waals surface area (Å²) < 4.78 is 21.6. The molecule has 8 nitrogen and oxygen atoms in total. The summed E-state index contributed by atoms with van der Waals surface area (Å²) in [5, 5.41) is 37.0. The summed E-state index contributed by atoms with van der Waals surface area (Å²) >= 11 is 4.00. The zero-order chi connectivity index (χ0) is 17.7. The number of hydrogen-bond acceptors (Lipinski definition) is 9. The Balaban J connectivity index is 4.51. The molecule has 0 aliphatic rings. The molecule has 5 unspecified atom stereocenters. The lowest BCUT2D eigenvalue weighted by Gasteiger charge is -2.30. The van der Waals surface area contributed by atoms with Crippen LogP contribution in [0, 0.1) is 0 Å². The van der Waals surface area contributed by atoms with E-state index in [0.717, 1.165) is 0 Å². The highest BCUT2D eigenvalue weighted by molar-refractivity contribution is 7.80. The van der Waals surface area contributed by atoms with E-state index < -0.39 is 37.5 Å². The van der Waals surface area contributed by atoms with Gasteiger partial charge in [-0.05, 0) is 13.3 Å². The molecule has 0 aliphatic carbocycles. The first-order valence-electron chi connectivity index (χ1n) is 7.68. The van der Waals surface area contributed by atoms with Gasteiger partial charge in [0, 0.05) is 5.75 Å². The smallest absolute Gasteiger partial charge is 0.181 e.